The van der Waals surface area contributed by atoms with E-state index in [0.717, 1.165) is 16.7 Å². The van der Waals surface area contributed by atoms with Gasteiger partial charge in [-0.15, -0.1) is 0 Å². The molecule has 2 rings (SSSR count). The average Bonchev–Trinajstić information content (AvgIpc) is 2.38. The number of hydrogen-bond acceptors (Lipinski definition) is 1. The smallest absolute Gasteiger partial charge is 0.123 e. The van der Waals surface area contributed by atoms with Crippen molar-refractivity contribution in [2.75, 3.05) is 7.05 Å². The summed E-state index contributed by atoms with van der Waals surface area (Å²) in [6.07, 6.45) is 0. The first-order valence-corrected chi connectivity index (χ1v) is 6.22. The molecule has 0 aliphatic heterocycles. The molecule has 0 spiro atoms. The molecule has 2 aromatic carbocycles. The molecule has 0 aliphatic carbocycles. The fourth-order valence-electron chi connectivity index (χ4n) is 1.86. The molecule has 0 fully saturated rings. The Kier molecular flexibility index (Phi) is 4.00. The van der Waals surface area contributed by atoms with Crippen molar-refractivity contribution in [3.8, 4) is 11.1 Å². The van der Waals surface area contributed by atoms with E-state index in [1.54, 1.807) is 6.07 Å². The second-order valence-corrected chi connectivity index (χ2v) is 4.67. The lowest BCUT2D eigenvalue weighted by Crippen LogP contribution is -2.12. The van der Waals surface area contributed by atoms with Gasteiger partial charge in [0, 0.05) is 16.6 Å². The first-order valence-electron chi connectivity index (χ1n) is 5.84. The van der Waals surface area contributed by atoms with Gasteiger partial charge in [-0.2, -0.15) is 0 Å². The normalized spacial score (nSPS) is 12.4. The van der Waals surface area contributed by atoms with Crippen LogP contribution in [-0.4, -0.2) is 7.05 Å². The van der Waals surface area contributed by atoms with Gasteiger partial charge in [-0.25, -0.2) is 4.39 Å². The molecule has 0 saturated carbocycles. The molecular weight excluding hydrogens is 249 g/mol. The molecule has 1 nitrogen and oxygen atoms in total. The summed E-state index contributed by atoms with van der Waals surface area (Å²) in [5.74, 6) is -0.254. The highest BCUT2D eigenvalue weighted by Crippen LogP contribution is 2.30. The van der Waals surface area contributed by atoms with Crippen LogP contribution in [0.4, 0.5) is 4.39 Å². The molecule has 18 heavy (non-hydrogen) atoms. The lowest BCUT2D eigenvalue weighted by molar-refractivity contribution is 0.628. The minimum Gasteiger partial charge on any atom is -0.313 e. The van der Waals surface area contributed by atoms with Gasteiger partial charge in [-0.1, -0.05) is 29.8 Å². The van der Waals surface area contributed by atoms with Crippen LogP contribution in [0.1, 0.15) is 18.5 Å². The van der Waals surface area contributed by atoms with E-state index in [0.29, 0.717) is 5.02 Å². The highest BCUT2D eigenvalue weighted by Gasteiger charge is 2.09. The number of halogens is 2. The summed E-state index contributed by atoms with van der Waals surface area (Å²) in [4.78, 5) is 0. The lowest BCUT2D eigenvalue weighted by Gasteiger charge is -2.13. The van der Waals surface area contributed by atoms with Gasteiger partial charge in [0.15, 0.2) is 0 Å². The van der Waals surface area contributed by atoms with E-state index >= 15 is 0 Å². The zero-order valence-electron chi connectivity index (χ0n) is 10.4. The number of nitrogens with one attached hydrogen (secondary N) is 1. The molecule has 0 radical (unpaired) electrons. The lowest BCUT2D eigenvalue weighted by atomic mass is 10.00. The van der Waals surface area contributed by atoms with Crippen LogP contribution in [0, 0.1) is 5.82 Å². The predicted octanol–water partition coefficient (Wildman–Crippen LogP) is 4.43. The van der Waals surface area contributed by atoms with E-state index in [9.17, 15) is 4.39 Å². The van der Waals surface area contributed by atoms with Gasteiger partial charge in [-0.05, 0) is 49.4 Å². The highest BCUT2D eigenvalue weighted by molar-refractivity contribution is 6.33. The quantitative estimate of drug-likeness (QED) is 0.864. The summed E-state index contributed by atoms with van der Waals surface area (Å²) < 4.78 is 13.3. The Morgan fingerprint density at radius 2 is 1.94 bits per heavy atom. The third-order valence-corrected chi connectivity index (χ3v) is 3.39. The van der Waals surface area contributed by atoms with Crippen LogP contribution in [0.2, 0.25) is 5.02 Å². The van der Waals surface area contributed by atoms with Crippen molar-refractivity contribution in [1.82, 2.24) is 5.32 Å². The molecule has 0 heterocycles. The summed E-state index contributed by atoms with van der Waals surface area (Å²) in [5.41, 5.74) is 2.78. The van der Waals surface area contributed by atoms with E-state index in [1.807, 2.05) is 31.3 Å². The minimum absolute atomic E-state index is 0.231. The van der Waals surface area contributed by atoms with Crippen molar-refractivity contribution in [1.29, 1.82) is 0 Å². The Balaban J connectivity index is 2.49. The van der Waals surface area contributed by atoms with Crippen LogP contribution in [0.5, 0.6) is 0 Å². The number of benzene rings is 2. The van der Waals surface area contributed by atoms with Gasteiger partial charge in [-0.3, -0.25) is 0 Å². The maximum absolute atomic E-state index is 13.3. The molecule has 3 heteroatoms. The first-order chi connectivity index (χ1) is 8.61. The molecule has 1 atom stereocenters. The maximum atomic E-state index is 13.3. The second-order valence-electron chi connectivity index (χ2n) is 4.26. The Hall–Kier alpha value is -1.38. The Morgan fingerprint density at radius 1 is 1.17 bits per heavy atom. The van der Waals surface area contributed by atoms with Gasteiger partial charge in [0.05, 0.1) is 0 Å². The van der Waals surface area contributed by atoms with Crippen molar-refractivity contribution >= 4 is 11.6 Å². The van der Waals surface area contributed by atoms with Gasteiger partial charge < -0.3 is 5.32 Å². The second kappa shape index (κ2) is 5.51. The predicted molar refractivity (Wildman–Crippen MR) is 74.3 cm³/mol. The van der Waals surface area contributed by atoms with Gasteiger partial charge in [0.25, 0.3) is 0 Å². The Morgan fingerprint density at radius 3 is 2.61 bits per heavy atom. The molecular formula is C15H15ClFN. The van der Waals surface area contributed by atoms with Crippen LogP contribution >= 0.6 is 11.6 Å². The summed E-state index contributed by atoms with van der Waals surface area (Å²) in [6.45, 7) is 2.07. The molecule has 1 unspecified atom stereocenters. The topological polar surface area (TPSA) is 12.0 Å². The van der Waals surface area contributed by atoms with E-state index in [2.05, 4.69) is 12.2 Å². The summed E-state index contributed by atoms with van der Waals surface area (Å²) in [5, 5.41) is 3.81. The molecule has 0 aromatic heterocycles. The van der Waals surface area contributed by atoms with Gasteiger partial charge >= 0.3 is 0 Å². The van der Waals surface area contributed by atoms with Crippen molar-refractivity contribution in [2.45, 2.75) is 13.0 Å². The van der Waals surface area contributed by atoms with E-state index in [-0.39, 0.29) is 11.9 Å². The van der Waals surface area contributed by atoms with E-state index in [4.69, 9.17) is 11.6 Å². The van der Waals surface area contributed by atoms with Crippen molar-refractivity contribution in [2.24, 2.45) is 0 Å². The molecule has 0 saturated heterocycles. The average molecular weight is 264 g/mol. The minimum atomic E-state index is -0.254. The van der Waals surface area contributed by atoms with Crippen molar-refractivity contribution in [3.05, 3.63) is 58.9 Å². The van der Waals surface area contributed by atoms with Crippen molar-refractivity contribution < 1.29 is 4.39 Å². The van der Waals surface area contributed by atoms with Crippen LogP contribution in [0.3, 0.4) is 0 Å². The van der Waals surface area contributed by atoms with E-state index in [1.165, 1.54) is 12.1 Å². The fraction of sp³-hybridized carbons (Fsp3) is 0.200. The Bertz CT molecular complexity index is 554. The van der Waals surface area contributed by atoms with E-state index < -0.39 is 0 Å². The molecule has 94 valence electrons. The fourth-order valence-corrected chi connectivity index (χ4v) is 2.08. The van der Waals surface area contributed by atoms with Crippen LogP contribution < -0.4 is 5.32 Å². The number of rotatable bonds is 3. The molecule has 0 bridgehead atoms. The third-order valence-electron chi connectivity index (χ3n) is 3.06. The van der Waals surface area contributed by atoms with Gasteiger partial charge in [0.2, 0.25) is 0 Å². The molecule has 0 aliphatic rings. The number of hydrogen-bond donors (Lipinski definition) is 1. The summed E-state index contributed by atoms with van der Waals surface area (Å²) in [6, 6.07) is 12.5. The maximum Gasteiger partial charge on any atom is 0.123 e. The Labute approximate surface area is 112 Å². The van der Waals surface area contributed by atoms with Crippen LogP contribution in [-0.2, 0) is 0 Å². The SMILES string of the molecule is CNC(C)c1ccc(Cl)c(-c2cccc(F)c2)c1. The van der Waals surface area contributed by atoms with Gasteiger partial charge in [0.1, 0.15) is 5.82 Å². The van der Waals surface area contributed by atoms with Crippen molar-refractivity contribution in [3.63, 3.8) is 0 Å². The first kappa shape index (κ1) is 13.1. The molecule has 0 amide bonds. The van der Waals surface area contributed by atoms with Crippen LogP contribution in [0.25, 0.3) is 11.1 Å². The summed E-state index contributed by atoms with van der Waals surface area (Å²) >= 11 is 6.19. The third kappa shape index (κ3) is 2.71. The largest absolute Gasteiger partial charge is 0.313 e. The highest BCUT2D eigenvalue weighted by atomic mass is 35.5. The molecule has 2 aromatic rings. The monoisotopic (exact) mass is 263 g/mol. The van der Waals surface area contributed by atoms with Crippen LogP contribution in [0.15, 0.2) is 42.5 Å². The molecule has 1 N–H and O–H groups in total. The zero-order chi connectivity index (χ0) is 13.1. The summed E-state index contributed by atoms with van der Waals surface area (Å²) in [7, 11) is 1.90. The standard InChI is InChI=1S/C15H15ClFN/c1-10(18-2)11-6-7-15(16)14(9-11)12-4-3-5-13(17)8-12/h3-10,18H,1-2H3. The zero-order valence-corrected chi connectivity index (χ0v) is 11.1.